The van der Waals surface area contributed by atoms with E-state index in [4.69, 9.17) is 4.74 Å². The number of methoxy groups -OCH3 is 1. The molecule has 0 radical (unpaired) electrons. The second kappa shape index (κ2) is 7.17. The van der Waals surface area contributed by atoms with Crippen LogP contribution in [-0.2, 0) is 6.42 Å². The van der Waals surface area contributed by atoms with Gasteiger partial charge in [-0.2, -0.15) is 0 Å². The zero-order valence-corrected chi connectivity index (χ0v) is 17.7. The predicted octanol–water partition coefficient (Wildman–Crippen LogP) is 5.56. The minimum Gasteiger partial charge on any atom is -0.494 e. The molecule has 1 aliphatic rings. The summed E-state index contributed by atoms with van der Waals surface area (Å²) in [5.74, 6) is 0.566. The van der Waals surface area contributed by atoms with E-state index in [2.05, 4.69) is 39.9 Å². The Labute approximate surface area is 176 Å². The average Bonchev–Trinajstić information content (AvgIpc) is 3.45. The summed E-state index contributed by atoms with van der Waals surface area (Å²) in [5, 5.41) is 6.95. The Morgan fingerprint density at radius 3 is 2.86 bits per heavy atom. The topological polar surface area (TPSA) is 63.2 Å². The number of carbonyl (C=O) groups is 1. The summed E-state index contributed by atoms with van der Waals surface area (Å²) in [7, 11) is 1.64. The first-order chi connectivity index (χ1) is 14.1. The van der Waals surface area contributed by atoms with Crippen LogP contribution in [0, 0.1) is 6.92 Å². The Kier molecular flexibility index (Phi) is 4.49. The molecule has 2 aromatic heterocycles. The van der Waals surface area contributed by atoms with Crippen LogP contribution in [0.1, 0.15) is 20.1 Å². The number of amides is 1. The first-order valence-electron chi connectivity index (χ1n) is 9.35. The molecule has 0 aliphatic carbocycles. The Morgan fingerprint density at radius 2 is 2.07 bits per heavy atom. The van der Waals surface area contributed by atoms with E-state index in [-0.39, 0.29) is 5.91 Å². The molecule has 146 valence electrons. The number of fused-ring (bicyclic) bond motifs is 2. The van der Waals surface area contributed by atoms with Gasteiger partial charge >= 0.3 is 0 Å². The maximum absolute atomic E-state index is 12.6. The molecule has 0 saturated carbocycles. The van der Waals surface area contributed by atoms with Gasteiger partial charge in [-0.15, -0.1) is 11.3 Å². The molecule has 1 aliphatic heterocycles. The van der Waals surface area contributed by atoms with Crippen molar-refractivity contribution in [1.29, 1.82) is 0 Å². The zero-order chi connectivity index (χ0) is 20.0. The molecule has 1 amide bonds. The van der Waals surface area contributed by atoms with Crippen LogP contribution in [-0.4, -0.2) is 24.5 Å². The Bertz CT molecular complexity index is 1240. The standard InChI is InChI=1S/C22H19N3O2S2/c1-12-3-8-18(28-12)21(26)25-22-24-19-17(27-2)7-6-15(20(19)29-22)14-5-4-13-9-10-23-16(13)11-14/h3-8,11,23H,9-10H2,1-2H3,(H,24,25,26). The number of anilines is 2. The van der Waals surface area contributed by atoms with Gasteiger partial charge in [-0.05, 0) is 54.8 Å². The van der Waals surface area contributed by atoms with Crippen molar-refractivity contribution in [3.05, 3.63) is 57.8 Å². The molecule has 5 rings (SSSR count). The summed E-state index contributed by atoms with van der Waals surface area (Å²) in [4.78, 5) is 19.0. The van der Waals surface area contributed by atoms with Gasteiger partial charge in [-0.3, -0.25) is 10.1 Å². The fourth-order valence-electron chi connectivity index (χ4n) is 3.60. The predicted molar refractivity (Wildman–Crippen MR) is 121 cm³/mol. The molecule has 5 nitrogen and oxygen atoms in total. The number of ether oxygens (including phenoxy) is 1. The lowest BCUT2D eigenvalue weighted by molar-refractivity contribution is 0.103. The number of thiophene rings is 1. The van der Waals surface area contributed by atoms with Crippen molar-refractivity contribution in [1.82, 2.24) is 4.98 Å². The molecule has 29 heavy (non-hydrogen) atoms. The number of hydrogen-bond acceptors (Lipinski definition) is 6. The number of carbonyl (C=O) groups excluding carboxylic acids is 1. The number of benzene rings is 2. The molecule has 7 heteroatoms. The summed E-state index contributed by atoms with van der Waals surface area (Å²) in [6, 6.07) is 14.3. The first kappa shape index (κ1) is 18.1. The average molecular weight is 422 g/mol. The van der Waals surface area contributed by atoms with E-state index in [1.165, 1.54) is 33.9 Å². The summed E-state index contributed by atoms with van der Waals surface area (Å²) in [6.07, 6.45) is 1.06. The van der Waals surface area contributed by atoms with E-state index >= 15 is 0 Å². The Hall–Kier alpha value is -2.90. The highest BCUT2D eigenvalue weighted by Crippen LogP contribution is 2.41. The quantitative estimate of drug-likeness (QED) is 0.453. The molecule has 2 aromatic carbocycles. The number of aromatic nitrogens is 1. The smallest absolute Gasteiger partial charge is 0.267 e. The van der Waals surface area contributed by atoms with Gasteiger partial charge in [-0.25, -0.2) is 4.98 Å². The number of hydrogen-bond donors (Lipinski definition) is 2. The van der Waals surface area contributed by atoms with Gasteiger partial charge in [-0.1, -0.05) is 23.5 Å². The van der Waals surface area contributed by atoms with Crippen LogP contribution in [0.3, 0.4) is 0 Å². The monoisotopic (exact) mass is 421 g/mol. The zero-order valence-electron chi connectivity index (χ0n) is 16.0. The maximum atomic E-state index is 12.6. The van der Waals surface area contributed by atoms with Gasteiger partial charge in [0.25, 0.3) is 5.91 Å². The van der Waals surface area contributed by atoms with Crippen molar-refractivity contribution >= 4 is 49.6 Å². The van der Waals surface area contributed by atoms with Crippen LogP contribution in [0.4, 0.5) is 10.8 Å². The van der Waals surface area contributed by atoms with E-state index in [0.717, 1.165) is 39.2 Å². The highest BCUT2D eigenvalue weighted by atomic mass is 32.1. The molecule has 0 bridgehead atoms. The van der Waals surface area contributed by atoms with Gasteiger partial charge in [0.1, 0.15) is 11.3 Å². The molecular weight excluding hydrogens is 402 g/mol. The van der Waals surface area contributed by atoms with E-state index in [9.17, 15) is 4.79 Å². The molecule has 0 saturated heterocycles. The lowest BCUT2D eigenvalue weighted by atomic mass is 10.0. The molecule has 0 atom stereocenters. The van der Waals surface area contributed by atoms with Crippen molar-refractivity contribution < 1.29 is 9.53 Å². The van der Waals surface area contributed by atoms with Gasteiger partial charge < -0.3 is 10.1 Å². The van der Waals surface area contributed by atoms with Gasteiger partial charge in [0.15, 0.2) is 5.13 Å². The van der Waals surface area contributed by atoms with E-state index in [0.29, 0.717) is 15.8 Å². The number of nitrogens with zero attached hydrogens (tertiary/aromatic N) is 1. The van der Waals surface area contributed by atoms with E-state index < -0.39 is 0 Å². The number of thiazole rings is 1. The van der Waals surface area contributed by atoms with Gasteiger partial charge in [0.2, 0.25) is 0 Å². The third-order valence-electron chi connectivity index (χ3n) is 5.04. The highest BCUT2D eigenvalue weighted by molar-refractivity contribution is 7.23. The normalized spacial score (nSPS) is 12.6. The SMILES string of the molecule is COc1ccc(-c2ccc3c(c2)NCC3)c2sc(NC(=O)c3ccc(C)s3)nc12. The van der Waals surface area contributed by atoms with E-state index in [1.807, 2.05) is 25.1 Å². The van der Waals surface area contributed by atoms with Crippen LogP contribution in [0.2, 0.25) is 0 Å². The highest BCUT2D eigenvalue weighted by Gasteiger charge is 2.18. The largest absolute Gasteiger partial charge is 0.494 e. The molecule has 0 spiro atoms. The number of rotatable bonds is 4. The van der Waals surface area contributed by atoms with Crippen molar-refractivity contribution in [3.8, 4) is 16.9 Å². The second-order valence-electron chi connectivity index (χ2n) is 6.93. The Balaban J connectivity index is 1.56. The van der Waals surface area contributed by atoms with Crippen molar-refractivity contribution in [2.75, 3.05) is 24.3 Å². The fraction of sp³-hybridized carbons (Fsp3) is 0.182. The van der Waals surface area contributed by atoms with Crippen molar-refractivity contribution in [3.63, 3.8) is 0 Å². The first-order valence-corrected chi connectivity index (χ1v) is 11.0. The minimum absolute atomic E-state index is 0.135. The van der Waals surface area contributed by atoms with E-state index in [1.54, 1.807) is 7.11 Å². The van der Waals surface area contributed by atoms with Gasteiger partial charge in [0, 0.05) is 22.7 Å². The summed E-state index contributed by atoms with van der Waals surface area (Å²) >= 11 is 2.95. The van der Waals surface area contributed by atoms with Crippen molar-refractivity contribution in [2.24, 2.45) is 0 Å². The fourth-order valence-corrected chi connectivity index (χ4v) is 5.38. The van der Waals surface area contributed by atoms with Crippen LogP contribution in [0.25, 0.3) is 21.3 Å². The maximum Gasteiger partial charge on any atom is 0.267 e. The second-order valence-corrected chi connectivity index (χ2v) is 9.21. The van der Waals surface area contributed by atoms with Crippen LogP contribution < -0.4 is 15.4 Å². The number of nitrogens with one attached hydrogen (secondary N) is 2. The minimum atomic E-state index is -0.135. The number of aryl methyl sites for hydroxylation is 1. The lowest BCUT2D eigenvalue weighted by Crippen LogP contribution is -2.09. The molecular formula is C22H19N3O2S2. The molecule has 3 heterocycles. The molecule has 0 unspecified atom stereocenters. The molecule has 4 aromatic rings. The molecule has 2 N–H and O–H groups in total. The molecule has 0 fully saturated rings. The van der Waals surface area contributed by atoms with Gasteiger partial charge in [0.05, 0.1) is 16.7 Å². The lowest BCUT2D eigenvalue weighted by Gasteiger charge is -2.08. The third kappa shape index (κ3) is 3.26. The summed E-state index contributed by atoms with van der Waals surface area (Å²) in [6.45, 7) is 2.97. The van der Waals surface area contributed by atoms with Crippen molar-refractivity contribution in [2.45, 2.75) is 13.3 Å². The van der Waals surface area contributed by atoms with Crippen LogP contribution >= 0.6 is 22.7 Å². The van der Waals surface area contributed by atoms with Crippen LogP contribution in [0.5, 0.6) is 5.75 Å². The third-order valence-corrected chi connectivity index (χ3v) is 7.05. The Morgan fingerprint density at radius 1 is 1.17 bits per heavy atom. The summed E-state index contributed by atoms with van der Waals surface area (Å²) in [5.41, 5.74) is 5.52. The summed E-state index contributed by atoms with van der Waals surface area (Å²) < 4.78 is 6.52. The van der Waals surface area contributed by atoms with Crippen LogP contribution in [0.15, 0.2) is 42.5 Å².